The van der Waals surface area contributed by atoms with Gasteiger partial charge in [0, 0.05) is 45.3 Å². The Hall–Kier alpha value is -1.66. The summed E-state index contributed by atoms with van der Waals surface area (Å²) in [6.45, 7) is 7.74. The largest absolute Gasteiger partial charge is 0.364 e. The van der Waals surface area contributed by atoms with E-state index in [0.29, 0.717) is 38.4 Å². The fraction of sp³-hybridized carbons (Fsp3) is 0.524. The number of aliphatic imine (C=N–C) groups is 1. The highest BCUT2D eigenvalue weighted by Crippen LogP contribution is 2.13. The Morgan fingerprint density at radius 3 is 2.35 bits per heavy atom. The third-order valence-electron chi connectivity index (χ3n) is 5.18. The molecule has 1 aliphatic rings. The molecule has 2 heterocycles. The first-order valence-electron chi connectivity index (χ1n) is 10.5. The molecule has 0 radical (unpaired) electrons. The molecule has 1 aromatic heterocycles. The molecule has 0 aliphatic carbocycles. The van der Waals surface area contributed by atoms with Crippen LogP contribution in [0, 0.1) is 0 Å². The van der Waals surface area contributed by atoms with Gasteiger partial charge in [0.1, 0.15) is 12.0 Å². The number of piperazine rings is 1. The first-order chi connectivity index (χ1) is 14.5. The molecule has 1 aromatic carbocycles. The summed E-state index contributed by atoms with van der Waals surface area (Å²) in [6, 6.07) is 10.3. The molecule has 3 rings (SSSR count). The highest BCUT2D eigenvalue weighted by Gasteiger charge is 2.28. The van der Waals surface area contributed by atoms with E-state index in [2.05, 4.69) is 46.6 Å². The number of rotatable bonds is 8. The van der Waals surface area contributed by atoms with Crippen LogP contribution in [0.3, 0.4) is 0 Å². The van der Waals surface area contributed by atoms with E-state index in [1.54, 1.807) is 6.07 Å². The van der Waals surface area contributed by atoms with Crippen molar-refractivity contribution in [2.75, 3.05) is 39.3 Å². The van der Waals surface area contributed by atoms with E-state index in [4.69, 9.17) is 9.52 Å². The summed E-state index contributed by atoms with van der Waals surface area (Å²) < 4.78 is 31.5. The van der Waals surface area contributed by atoms with Crippen LogP contribution in [0.15, 0.2) is 46.1 Å². The van der Waals surface area contributed by atoms with E-state index in [0.717, 1.165) is 25.3 Å². The van der Waals surface area contributed by atoms with Crippen molar-refractivity contribution in [2.24, 2.45) is 4.99 Å². The fourth-order valence-corrected chi connectivity index (χ4v) is 4.85. The molecule has 0 unspecified atom stereocenters. The third-order valence-corrected chi connectivity index (χ3v) is 6.99. The predicted molar refractivity (Wildman–Crippen MR) is 133 cm³/mol. The zero-order valence-electron chi connectivity index (χ0n) is 18.2. The topological polar surface area (TPSA) is 91.0 Å². The highest BCUT2D eigenvalue weighted by atomic mass is 127. The SMILES string of the molecule is CCNC(=NCCc1ccc(CC)cc1)N1CCN(S(=O)(=O)Cc2ccon2)CC1.I. The Labute approximate surface area is 202 Å². The Morgan fingerprint density at radius 1 is 1.10 bits per heavy atom. The maximum atomic E-state index is 12.6. The highest BCUT2D eigenvalue weighted by molar-refractivity contribution is 14.0. The third kappa shape index (κ3) is 7.46. The summed E-state index contributed by atoms with van der Waals surface area (Å²) in [6.07, 6.45) is 3.31. The average Bonchev–Trinajstić information content (AvgIpc) is 3.26. The van der Waals surface area contributed by atoms with Gasteiger partial charge in [-0.2, -0.15) is 4.31 Å². The van der Waals surface area contributed by atoms with Crippen LogP contribution >= 0.6 is 24.0 Å². The van der Waals surface area contributed by atoms with Gasteiger partial charge in [0.25, 0.3) is 0 Å². The van der Waals surface area contributed by atoms with Crippen LogP contribution in [-0.2, 0) is 28.6 Å². The van der Waals surface area contributed by atoms with Crippen LogP contribution in [0.1, 0.15) is 30.7 Å². The van der Waals surface area contributed by atoms with Crippen molar-refractivity contribution in [3.05, 3.63) is 53.4 Å². The molecule has 8 nitrogen and oxygen atoms in total. The van der Waals surface area contributed by atoms with Crippen molar-refractivity contribution in [3.63, 3.8) is 0 Å². The molecule has 0 amide bonds. The fourth-order valence-electron chi connectivity index (χ4n) is 3.43. The van der Waals surface area contributed by atoms with Gasteiger partial charge >= 0.3 is 0 Å². The minimum Gasteiger partial charge on any atom is -0.364 e. The molecule has 1 saturated heterocycles. The van der Waals surface area contributed by atoms with Crippen molar-refractivity contribution >= 4 is 40.0 Å². The second kappa shape index (κ2) is 12.4. The zero-order valence-corrected chi connectivity index (χ0v) is 21.3. The normalized spacial score (nSPS) is 15.5. The molecule has 0 saturated carbocycles. The van der Waals surface area contributed by atoms with Gasteiger partial charge in [-0.15, -0.1) is 24.0 Å². The van der Waals surface area contributed by atoms with Crippen LogP contribution in [0.2, 0.25) is 0 Å². The van der Waals surface area contributed by atoms with Gasteiger partial charge in [-0.05, 0) is 30.9 Å². The summed E-state index contributed by atoms with van der Waals surface area (Å²) in [5, 5.41) is 7.04. The van der Waals surface area contributed by atoms with Gasteiger partial charge in [-0.1, -0.05) is 36.3 Å². The maximum Gasteiger partial charge on any atom is 0.220 e. The second-order valence-electron chi connectivity index (χ2n) is 7.29. The van der Waals surface area contributed by atoms with Crippen molar-refractivity contribution in [3.8, 4) is 0 Å². The number of aryl methyl sites for hydroxylation is 1. The average molecular weight is 561 g/mol. The molecule has 0 spiro atoms. The Morgan fingerprint density at radius 2 is 1.77 bits per heavy atom. The van der Waals surface area contributed by atoms with Crippen LogP contribution in [0.25, 0.3) is 0 Å². The monoisotopic (exact) mass is 561 g/mol. The Kier molecular flexibility index (Phi) is 10.2. The second-order valence-corrected chi connectivity index (χ2v) is 9.26. The van der Waals surface area contributed by atoms with Crippen LogP contribution in [0.4, 0.5) is 0 Å². The number of sulfonamides is 1. The van der Waals surface area contributed by atoms with E-state index in [9.17, 15) is 8.42 Å². The number of hydrogen-bond donors (Lipinski definition) is 1. The molecule has 31 heavy (non-hydrogen) atoms. The van der Waals surface area contributed by atoms with Gasteiger partial charge in [-0.25, -0.2) is 8.42 Å². The molecule has 172 valence electrons. The number of benzene rings is 1. The number of nitrogens with one attached hydrogen (secondary N) is 1. The number of nitrogens with zero attached hydrogens (tertiary/aromatic N) is 4. The summed E-state index contributed by atoms with van der Waals surface area (Å²) >= 11 is 0. The summed E-state index contributed by atoms with van der Waals surface area (Å²) in [7, 11) is -3.40. The minimum absolute atomic E-state index is 0. The molecular formula is C21H32IN5O3S. The minimum atomic E-state index is -3.40. The lowest BCUT2D eigenvalue weighted by atomic mass is 10.1. The lowest BCUT2D eigenvalue weighted by molar-refractivity contribution is 0.260. The number of aromatic nitrogens is 1. The lowest BCUT2D eigenvalue weighted by Crippen LogP contribution is -2.54. The standard InChI is InChI=1S/C21H31N5O3S.HI/c1-3-18-5-7-19(8-6-18)9-11-23-21(22-4-2)25-12-14-26(15-13-25)30(27,28)17-20-10-16-29-24-20;/h5-8,10,16H,3-4,9,11-15,17H2,1-2H3,(H,22,23);1H. The summed E-state index contributed by atoms with van der Waals surface area (Å²) in [5.41, 5.74) is 3.04. The van der Waals surface area contributed by atoms with Crippen molar-refractivity contribution in [1.82, 2.24) is 19.7 Å². The molecule has 0 atom stereocenters. The Bertz CT molecular complexity index is 909. The number of halogens is 1. The quantitative estimate of drug-likeness (QED) is 0.303. The lowest BCUT2D eigenvalue weighted by Gasteiger charge is -2.35. The summed E-state index contributed by atoms with van der Waals surface area (Å²) in [5.74, 6) is 0.713. The molecule has 1 fully saturated rings. The predicted octanol–water partition coefficient (Wildman–Crippen LogP) is 2.51. The van der Waals surface area contributed by atoms with E-state index in [1.165, 1.54) is 21.7 Å². The van der Waals surface area contributed by atoms with E-state index in [-0.39, 0.29) is 29.7 Å². The van der Waals surface area contributed by atoms with E-state index < -0.39 is 10.0 Å². The number of guanidine groups is 1. The maximum absolute atomic E-state index is 12.6. The van der Waals surface area contributed by atoms with Crippen molar-refractivity contribution in [1.29, 1.82) is 0 Å². The van der Waals surface area contributed by atoms with Crippen LogP contribution in [-0.4, -0.2) is 68.0 Å². The van der Waals surface area contributed by atoms with Gasteiger partial charge in [-0.3, -0.25) is 4.99 Å². The molecule has 10 heteroatoms. The van der Waals surface area contributed by atoms with Gasteiger partial charge in [0.15, 0.2) is 5.96 Å². The van der Waals surface area contributed by atoms with Crippen LogP contribution < -0.4 is 5.32 Å². The van der Waals surface area contributed by atoms with Crippen molar-refractivity contribution < 1.29 is 12.9 Å². The molecule has 1 N–H and O–H groups in total. The van der Waals surface area contributed by atoms with Crippen molar-refractivity contribution in [2.45, 2.75) is 32.4 Å². The first kappa shape index (κ1) is 25.6. The molecule has 1 aliphatic heterocycles. The first-order valence-corrected chi connectivity index (χ1v) is 12.1. The zero-order chi connectivity index (χ0) is 21.4. The smallest absolute Gasteiger partial charge is 0.220 e. The molecular weight excluding hydrogens is 529 g/mol. The van der Waals surface area contributed by atoms with Crippen LogP contribution in [0.5, 0.6) is 0 Å². The summed E-state index contributed by atoms with van der Waals surface area (Å²) in [4.78, 5) is 6.89. The van der Waals surface area contributed by atoms with Gasteiger partial charge in [0.05, 0.1) is 5.69 Å². The van der Waals surface area contributed by atoms with E-state index in [1.807, 2.05) is 6.92 Å². The molecule has 2 aromatic rings. The van der Waals surface area contributed by atoms with Gasteiger partial charge in [0.2, 0.25) is 10.0 Å². The van der Waals surface area contributed by atoms with E-state index >= 15 is 0 Å². The molecule has 0 bridgehead atoms. The Balaban J connectivity index is 0.00000341. The van der Waals surface area contributed by atoms with Gasteiger partial charge < -0.3 is 14.7 Å². The number of hydrogen-bond acceptors (Lipinski definition) is 5.